The summed E-state index contributed by atoms with van der Waals surface area (Å²) in [6.07, 6.45) is 5.66. The molecule has 1 fully saturated rings. The highest BCUT2D eigenvalue weighted by Crippen LogP contribution is 2.44. The third kappa shape index (κ3) is 4.97. The Bertz CT molecular complexity index is 1710. The van der Waals surface area contributed by atoms with E-state index in [4.69, 9.17) is 16.3 Å². The van der Waals surface area contributed by atoms with E-state index < -0.39 is 28.4 Å². The highest BCUT2D eigenvalue weighted by Gasteiger charge is 2.43. The first kappa shape index (κ1) is 26.7. The van der Waals surface area contributed by atoms with Crippen LogP contribution in [-0.2, 0) is 12.2 Å². The van der Waals surface area contributed by atoms with Crippen molar-refractivity contribution in [1.29, 1.82) is 0 Å². The van der Waals surface area contributed by atoms with E-state index in [1.807, 2.05) is 0 Å². The van der Waals surface area contributed by atoms with E-state index >= 15 is 0 Å². The Morgan fingerprint density at radius 2 is 1.87 bits per heavy atom. The molecule has 1 aliphatic carbocycles. The number of ether oxygens (including phenoxy) is 1. The summed E-state index contributed by atoms with van der Waals surface area (Å²) in [6, 6.07) is 7.09. The van der Waals surface area contributed by atoms with Crippen LogP contribution in [0.15, 0.2) is 58.5 Å². The molecule has 0 bridgehead atoms. The van der Waals surface area contributed by atoms with Gasteiger partial charge in [-0.25, -0.2) is 13.8 Å². The summed E-state index contributed by atoms with van der Waals surface area (Å²) in [5, 5.41) is 10.7. The Morgan fingerprint density at radius 3 is 2.56 bits per heavy atom. The molecule has 11 heteroatoms. The Hall–Kier alpha value is -3.89. The topological polar surface area (TPSA) is 99.2 Å². The first-order valence-corrected chi connectivity index (χ1v) is 12.6. The third-order valence-corrected chi connectivity index (χ3v) is 7.31. The van der Waals surface area contributed by atoms with Gasteiger partial charge in [-0.15, -0.1) is 0 Å². The lowest BCUT2D eigenvalue weighted by molar-refractivity contribution is 0.0314. The Labute approximate surface area is 227 Å². The van der Waals surface area contributed by atoms with Crippen LogP contribution < -0.4 is 15.9 Å². The highest BCUT2D eigenvalue weighted by atomic mass is 35.5. The van der Waals surface area contributed by atoms with Gasteiger partial charge in [0.2, 0.25) is 0 Å². The van der Waals surface area contributed by atoms with Gasteiger partial charge < -0.3 is 9.84 Å². The van der Waals surface area contributed by atoms with Gasteiger partial charge in [0.05, 0.1) is 17.5 Å². The van der Waals surface area contributed by atoms with E-state index in [0.717, 1.165) is 19.0 Å². The predicted octanol–water partition coefficient (Wildman–Crippen LogP) is 4.52. The lowest BCUT2D eigenvalue weighted by Crippen LogP contribution is -2.34. The van der Waals surface area contributed by atoms with Crippen LogP contribution in [0.5, 0.6) is 5.75 Å². The number of aliphatic hydroxyl groups is 1. The average molecular weight is 555 g/mol. The SMILES string of the molecule is Cc1cnc(-n2cccc(C(C)(O)C3CC3)c2=O)cc1-n1c(C)cc(OCc2ncc(F)cc2F)c(Cl)c1=O. The molecule has 0 amide bonds. The van der Waals surface area contributed by atoms with Crippen LogP contribution in [-0.4, -0.2) is 24.2 Å². The number of aromatic nitrogens is 4. The number of hydrogen-bond donors (Lipinski definition) is 1. The van der Waals surface area contributed by atoms with E-state index in [2.05, 4.69) is 9.97 Å². The second-order valence-corrected chi connectivity index (χ2v) is 10.2. The molecule has 39 heavy (non-hydrogen) atoms. The molecule has 4 aromatic rings. The Kier molecular flexibility index (Phi) is 6.86. The fourth-order valence-corrected chi connectivity index (χ4v) is 4.77. The van der Waals surface area contributed by atoms with Gasteiger partial charge >= 0.3 is 0 Å². The molecule has 4 heterocycles. The first-order valence-electron chi connectivity index (χ1n) is 12.3. The summed E-state index contributed by atoms with van der Waals surface area (Å²) < 4.78 is 35.3. The summed E-state index contributed by atoms with van der Waals surface area (Å²) in [4.78, 5) is 34.8. The van der Waals surface area contributed by atoms with Crippen molar-refractivity contribution in [2.24, 2.45) is 5.92 Å². The molecule has 0 aliphatic heterocycles. The Balaban J connectivity index is 1.52. The van der Waals surface area contributed by atoms with E-state index in [9.17, 15) is 23.5 Å². The van der Waals surface area contributed by atoms with Gasteiger partial charge in [0.15, 0.2) is 5.82 Å². The van der Waals surface area contributed by atoms with Crippen molar-refractivity contribution in [3.05, 3.63) is 109 Å². The van der Waals surface area contributed by atoms with Gasteiger partial charge in [-0.3, -0.25) is 23.7 Å². The van der Waals surface area contributed by atoms with Crippen molar-refractivity contribution in [2.75, 3.05) is 0 Å². The normalized spacial score (nSPS) is 14.7. The maximum Gasteiger partial charge on any atom is 0.277 e. The number of halogens is 3. The monoisotopic (exact) mass is 554 g/mol. The number of hydrogen-bond acceptors (Lipinski definition) is 6. The molecule has 4 aromatic heterocycles. The maximum atomic E-state index is 14.0. The van der Waals surface area contributed by atoms with Crippen LogP contribution in [0.25, 0.3) is 11.5 Å². The molecule has 0 saturated heterocycles. The zero-order chi connectivity index (χ0) is 28.1. The fraction of sp³-hybridized carbons (Fsp3) is 0.286. The molecule has 0 aromatic carbocycles. The lowest BCUT2D eigenvalue weighted by Gasteiger charge is -2.23. The molecule has 5 rings (SSSR count). The number of nitrogens with zero attached hydrogens (tertiary/aromatic N) is 4. The Morgan fingerprint density at radius 1 is 1.13 bits per heavy atom. The van der Waals surface area contributed by atoms with E-state index in [1.54, 1.807) is 45.2 Å². The molecule has 1 atom stereocenters. The summed E-state index contributed by atoms with van der Waals surface area (Å²) in [6.45, 7) is 4.71. The van der Waals surface area contributed by atoms with Gasteiger partial charge in [0, 0.05) is 41.9 Å². The van der Waals surface area contributed by atoms with E-state index in [1.165, 1.54) is 21.4 Å². The highest BCUT2D eigenvalue weighted by molar-refractivity contribution is 6.31. The van der Waals surface area contributed by atoms with Crippen LogP contribution in [0, 0.1) is 31.4 Å². The van der Waals surface area contributed by atoms with Crippen molar-refractivity contribution in [3.63, 3.8) is 0 Å². The second-order valence-electron chi connectivity index (χ2n) is 9.82. The minimum absolute atomic E-state index is 0.0131. The zero-order valence-electron chi connectivity index (χ0n) is 21.4. The van der Waals surface area contributed by atoms with Crippen molar-refractivity contribution < 1.29 is 18.6 Å². The van der Waals surface area contributed by atoms with Crippen molar-refractivity contribution in [3.8, 4) is 17.3 Å². The van der Waals surface area contributed by atoms with Crippen molar-refractivity contribution >= 4 is 11.6 Å². The largest absolute Gasteiger partial charge is 0.485 e. The standard InChI is InChI=1S/C28H25ClF2N4O4/c1-15-12-33-24(34-8-4-5-19(26(34)36)28(3,38)17-6-7-17)11-22(15)35-16(2)9-23(25(29)27(35)37)39-14-21-20(31)10-18(30)13-32-21/h4-5,8-13,17,38H,6-7,14H2,1-3H3. The third-order valence-electron chi connectivity index (χ3n) is 6.96. The van der Waals surface area contributed by atoms with Crippen molar-refractivity contribution in [1.82, 2.24) is 19.1 Å². The lowest BCUT2D eigenvalue weighted by atomic mass is 9.92. The van der Waals surface area contributed by atoms with Gasteiger partial charge in [0.25, 0.3) is 11.1 Å². The van der Waals surface area contributed by atoms with Crippen LogP contribution in [0.1, 0.15) is 42.3 Å². The maximum absolute atomic E-state index is 14.0. The molecule has 1 saturated carbocycles. The average Bonchev–Trinajstić information content (AvgIpc) is 3.74. The molecule has 1 unspecified atom stereocenters. The van der Waals surface area contributed by atoms with Gasteiger partial charge in [-0.1, -0.05) is 11.6 Å². The van der Waals surface area contributed by atoms with E-state index in [-0.39, 0.29) is 40.4 Å². The molecule has 0 spiro atoms. The van der Waals surface area contributed by atoms with Crippen molar-refractivity contribution in [2.45, 2.75) is 45.8 Å². The molecule has 1 aliphatic rings. The summed E-state index contributed by atoms with van der Waals surface area (Å²) >= 11 is 6.36. The second kappa shape index (κ2) is 10.0. The molecule has 0 radical (unpaired) electrons. The van der Waals surface area contributed by atoms with Crippen LogP contribution in [0.2, 0.25) is 5.02 Å². The quantitative estimate of drug-likeness (QED) is 0.360. The van der Waals surface area contributed by atoms with Crippen LogP contribution in [0.4, 0.5) is 8.78 Å². The minimum Gasteiger partial charge on any atom is -0.485 e. The molecular formula is C28H25ClF2N4O4. The smallest absolute Gasteiger partial charge is 0.277 e. The number of rotatable bonds is 7. The van der Waals surface area contributed by atoms with Gasteiger partial charge in [-0.2, -0.15) is 0 Å². The summed E-state index contributed by atoms with van der Waals surface area (Å²) in [5.74, 6) is -1.40. The number of aryl methyl sites for hydroxylation is 2. The van der Waals surface area contributed by atoms with Crippen LogP contribution >= 0.6 is 11.6 Å². The molecule has 1 N–H and O–H groups in total. The van der Waals surface area contributed by atoms with Gasteiger partial charge in [-0.05, 0) is 57.2 Å². The van der Waals surface area contributed by atoms with Crippen LogP contribution in [0.3, 0.4) is 0 Å². The summed E-state index contributed by atoms with van der Waals surface area (Å²) in [5.41, 5.74) is -0.587. The summed E-state index contributed by atoms with van der Waals surface area (Å²) in [7, 11) is 0. The predicted molar refractivity (Wildman–Crippen MR) is 141 cm³/mol. The molecular weight excluding hydrogens is 530 g/mol. The molecule has 8 nitrogen and oxygen atoms in total. The zero-order valence-corrected chi connectivity index (χ0v) is 22.2. The first-order chi connectivity index (χ1) is 18.5. The molecule has 202 valence electrons. The van der Waals surface area contributed by atoms with E-state index in [0.29, 0.717) is 23.0 Å². The minimum atomic E-state index is -1.25. The number of pyridine rings is 4. The van der Waals surface area contributed by atoms with Gasteiger partial charge in [0.1, 0.15) is 34.7 Å². The fourth-order valence-electron chi connectivity index (χ4n) is 4.58.